The van der Waals surface area contributed by atoms with Crippen LogP contribution in [0.15, 0.2) is 54.6 Å². The summed E-state index contributed by atoms with van der Waals surface area (Å²) in [5.41, 5.74) is 0. The van der Waals surface area contributed by atoms with Crippen LogP contribution in [-0.2, 0) is 0 Å². The molecule has 0 saturated carbocycles. The molecular formula is C14H11Al. The first-order chi connectivity index (χ1) is 7.36. The van der Waals surface area contributed by atoms with Gasteiger partial charge in [-0.05, 0) is 27.6 Å². The van der Waals surface area contributed by atoms with Gasteiger partial charge in [-0.2, -0.15) is 0 Å². The van der Waals surface area contributed by atoms with Gasteiger partial charge < -0.3 is 0 Å². The molecule has 70 valence electrons. The van der Waals surface area contributed by atoms with E-state index in [0.29, 0.717) is 0 Å². The third-order valence-electron chi connectivity index (χ3n) is 3.04. The maximum Gasteiger partial charge on any atom is 0.260 e. The van der Waals surface area contributed by atoms with E-state index in [2.05, 4.69) is 54.6 Å². The lowest BCUT2D eigenvalue weighted by Gasteiger charge is -2.07. The molecule has 0 aromatic heterocycles. The molecule has 0 aliphatic carbocycles. The fourth-order valence-corrected chi connectivity index (χ4v) is 3.15. The van der Waals surface area contributed by atoms with E-state index < -0.39 is 0 Å². The summed E-state index contributed by atoms with van der Waals surface area (Å²) in [6.07, 6.45) is 0. The van der Waals surface area contributed by atoms with E-state index in [4.69, 9.17) is 0 Å². The predicted octanol–water partition coefficient (Wildman–Crippen LogP) is 2.25. The normalized spacial score (nSPS) is 10.9. The molecule has 1 heteroatoms. The van der Waals surface area contributed by atoms with Gasteiger partial charge >= 0.3 is 0 Å². The zero-order chi connectivity index (χ0) is 10.3. The van der Waals surface area contributed by atoms with Gasteiger partial charge in [-0.25, -0.2) is 0 Å². The highest BCUT2D eigenvalue weighted by Gasteiger charge is 2.01. The molecule has 3 aromatic carbocycles. The van der Waals surface area contributed by atoms with Gasteiger partial charge in [-0.1, -0.05) is 48.5 Å². The molecule has 0 bridgehead atoms. The number of hydrogen-bond donors (Lipinski definition) is 0. The van der Waals surface area contributed by atoms with E-state index in [0.717, 1.165) is 16.3 Å². The molecule has 0 amide bonds. The molecule has 3 rings (SSSR count). The molecule has 0 radical (unpaired) electrons. The van der Waals surface area contributed by atoms with Crippen LogP contribution in [0.3, 0.4) is 0 Å². The Bertz CT molecular complexity index is 587. The third kappa shape index (κ3) is 1.36. The molecule has 0 heterocycles. The monoisotopic (exact) mass is 206 g/mol. The first kappa shape index (κ1) is 8.98. The summed E-state index contributed by atoms with van der Waals surface area (Å²) >= 11 is 1.10. The summed E-state index contributed by atoms with van der Waals surface area (Å²) in [5.74, 6) is 0. The van der Waals surface area contributed by atoms with Crippen molar-refractivity contribution in [3.8, 4) is 0 Å². The predicted molar refractivity (Wildman–Crippen MR) is 69.6 cm³/mol. The fraction of sp³-hybridized carbons (Fsp3) is 0. The van der Waals surface area contributed by atoms with E-state index in [1.54, 1.807) is 0 Å². The van der Waals surface area contributed by atoms with Crippen molar-refractivity contribution < 1.29 is 0 Å². The minimum Gasteiger partial charge on any atom is -0.106 e. The van der Waals surface area contributed by atoms with Crippen molar-refractivity contribution >= 4 is 42.3 Å². The Labute approximate surface area is 97.0 Å². The van der Waals surface area contributed by atoms with E-state index >= 15 is 0 Å². The average molecular weight is 206 g/mol. The SMILES string of the molecule is [AlH2][c]1c2ccccc2cc2ccccc12. The Balaban J connectivity index is 2.60. The second kappa shape index (κ2) is 3.38. The average Bonchev–Trinajstić information content (AvgIpc) is 2.30. The molecule has 0 spiro atoms. The topological polar surface area (TPSA) is 0 Å². The van der Waals surface area contributed by atoms with Gasteiger partial charge in [0.1, 0.15) is 0 Å². The van der Waals surface area contributed by atoms with Crippen molar-refractivity contribution in [2.75, 3.05) is 0 Å². The standard InChI is InChI=1S/C14H9.Al.2H/c1-2-6-12-10-14-8-4-3-7-13(14)9-11(12)5-1;;;/h1-9H;;;. The maximum absolute atomic E-state index is 2.28. The largest absolute Gasteiger partial charge is 0.260 e. The van der Waals surface area contributed by atoms with Gasteiger partial charge in [0.25, 0.3) is 16.3 Å². The first-order valence-electron chi connectivity index (χ1n) is 5.23. The lowest BCUT2D eigenvalue weighted by atomic mass is 10.0. The summed E-state index contributed by atoms with van der Waals surface area (Å²) in [7, 11) is 0. The minimum absolute atomic E-state index is 1.10. The van der Waals surface area contributed by atoms with Crippen LogP contribution in [0.25, 0.3) is 21.5 Å². The maximum atomic E-state index is 2.28. The van der Waals surface area contributed by atoms with E-state index in [1.165, 1.54) is 26.0 Å². The second-order valence-electron chi connectivity index (χ2n) is 3.94. The van der Waals surface area contributed by atoms with E-state index in [1.807, 2.05) is 0 Å². The zero-order valence-corrected chi connectivity index (χ0v) is 10.7. The molecule has 0 aliphatic heterocycles. The molecule has 0 nitrogen and oxygen atoms in total. The Hall–Kier alpha value is -1.29. The second-order valence-corrected chi connectivity index (χ2v) is 4.94. The molecule has 0 saturated heterocycles. The van der Waals surface area contributed by atoms with Crippen molar-refractivity contribution in [2.45, 2.75) is 0 Å². The molecule has 0 N–H and O–H groups in total. The summed E-state index contributed by atoms with van der Waals surface area (Å²) in [6.45, 7) is 0. The quantitative estimate of drug-likeness (QED) is 0.391. The van der Waals surface area contributed by atoms with Gasteiger partial charge in [-0.15, -0.1) is 4.43 Å². The van der Waals surface area contributed by atoms with Gasteiger partial charge in [0.15, 0.2) is 0 Å². The highest BCUT2D eigenvalue weighted by molar-refractivity contribution is 6.45. The van der Waals surface area contributed by atoms with Gasteiger partial charge in [0.2, 0.25) is 0 Å². The summed E-state index contributed by atoms with van der Waals surface area (Å²) in [5, 5.41) is 5.56. The highest BCUT2D eigenvalue weighted by Crippen LogP contribution is 2.19. The zero-order valence-electron chi connectivity index (χ0n) is 8.70. The van der Waals surface area contributed by atoms with Crippen LogP contribution in [0.1, 0.15) is 0 Å². The first-order valence-corrected chi connectivity index (χ1v) is 6.23. The minimum atomic E-state index is 1.10. The van der Waals surface area contributed by atoms with Crippen LogP contribution in [0.4, 0.5) is 0 Å². The smallest absolute Gasteiger partial charge is 0.106 e. The Kier molecular flexibility index (Phi) is 2.02. The van der Waals surface area contributed by atoms with Crippen LogP contribution in [0, 0.1) is 0 Å². The Morgan fingerprint density at radius 2 is 1.13 bits per heavy atom. The Morgan fingerprint density at radius 3 is 1.67 bits per heavy atom. The number of hydrogen-bond acceptors (Lipinski definition) is 0. The number of benzene rings is 3. The van der Waals surface area contributed by atoms with Crippen LogP contribution in [0.2, 0.25) is 0 Å². The molecule has 0 atom stereocenters. The van der Waals surface area contributed by atoms with Crippen molar-refractivity contribution in [3.63, 3.8) is 0 Å². The number of rotatable bonds is 0. The van der Waals surface area contributed by atoms with Gasteiger partial charge in [0, 0.05) is 0 Å². The molecule has 3 aromatic rings. The van der Waals surface area contributed by atoms with Crippen molar-refractivity contribution in [1.29, 1.82) is 0 Å². The molecular weight excluding hydrogens is 195 g/mol. The van der Waals surface area contributed by atoms with Gasteiger partial charge in [0.05, 0.1) is 0 Å². The van der Waals surface area contributed by atoms with Crippen molar-refractivity contribution in [3.05, 3.63) is 54.6 Å². The summed E-state index contributed by atoms with van der Waals surface area (Å²) in [4.78, 5) is 0. The van der Waals surface area contributed by atoms with Crippen LogP contribution >= 0.6 is 0 Å². The lowest BCUT2D eigenvalue weighted by Crippen LogP contribution is -2.05. The van der Waals surface area contributed by atoms with E-state index in [9.17, 15) is 0 Å². The highest BCUT2D eigenvalue weighted by atomic mass is 27.0. The Morgan fingerprint density at radius 1 is 0.667 bits per heavy atom. The third-order valence-corrected chi connectivity index (χ3v) is 4.12. The van der Waals surface area contributed by atoms with E-state index in [-0.39, 0.29) is 0 Å². The van der Waals surface area contributed by atoms with Gasteiger partial charge in [-0.3, -0.25) is 0 Å². The lowest BCUT2D eigenvalue weighted by molar-refractivity contribution is 1.78. The molecule has 15 heavy (non-hydrogen) atoms. The number of fused-ring (bicyclic) bond motifs is 2. The molecule has 0 aliphatic rings. The van der Waals surface area contributed by atoms with Crippen LogP contribution in [0.5, 0.6) is 0 Å². The molecule has 0 fully saturated rings. The van der Waals surface area contributed by atoms with Crippen LogP contribution in [-0.4, -0.2) is 16.3 Å². The van der Waals surface area contributed by atoms with Crippen molar-refractivity contribution in [2.24, 2.45) is 0 Å². The summed E-state index contributed by atoms with van der Waals surface area (Å²) < 4.78 is 1.52. The van der Waals surface area contributed by atoms with Crippen LogP contribution < -0.4 is 4.43 Å². The molecule has 0 unspecified atom stereocenters. The summed E-state index contributed by atoms with van der Waals surface area (Å²) in [6, 6.07) is 19.6. The fourth-order valence-electron chi connectivity index (χ4n) is 2.24. The van der Waals surface area contributed by atoms with Crippen molar-refractivity contribution in [1.82, 2.24) is 0 Å².